The minimum Gasteiger partial charge on any atom is -0.322 e. The van der Waals surface area contributed by atoms with Gasteiger partial charge in [-0.25, -0.2) is 0 Å². The van der Waals surface area contributed by atoms with Gasteiger partial charge in [-0.1, -0.05) is 29.8 Å². The number of quaternary nitrogens is 1. The number of nitrogens with two attached hydrogens (primary N) is 1. The first kappa shape index (κ1) is 14.2. The molecule has 0 amide bonds. The predicted octanol–water partition coefficient (Wildman–Crippen LogP) is 2.44. The Morgan fingerprint density at radius 1 is 1.28 bits per heavy atom. The van der Waals surface area contributed by atoms with E-state index in [1.807, 2.05) is 49.8 Å². The number of rotatable bonds is 6. The van der Waals surface area contributed by atoms with Gasteiger partial charge in [0.05, 0.1) is 18.9 Å². The first-order valence-corrected chi connectivity index (χ1v) is 6.19. The topological polar surface area (TPSA) is 41.0 Å². The highest BCUT2D eigenvalue weighted by Gasteiger charge is 1.90. The van der Waals surface area contributed by atoms with Crippen LogP contribution in [0.5, 0.6) is 0 Å². The lowest BCUT2D eigenvalue weighted by atomic mass is 10.2. The fourth-order valence-corrected chi connectivity index (χ4v) is 1.33. The van der Waals surface area contributed by atoms with E-state index in [2.05, 4.69) is 35.7 Å². The van der Waals surface area contributed by atoms with Gasteiger partial charge < -0.3 is 5.32 Å². The van der Waals surface area contributed by atoms with E-state index in [0.29, 0.717) is 0 Å². The summed E-state index contributed by atoms with van der Waals surface area (Å²) in [5, 5.41) is 6.33. The average molecular weight is 244 g/mol. The summed E-state index contributed by atoms with van der Waals surface area (Å²) in [5.41, 5.74) is 6.38. The number of nitrogens with one attached hydrogen (secondary N) is 1. The van der Waals surface area contributed by atoms with Crippen LogP contribution in [0.4, 0.5) is 5.69 Å². The average Bonchev–Trinajstić information content (AvgIpc) is 2.38. The molecule has 1 aromatic carbocycles. The molecule has 0 aliphatic rings. The summed E-state index contributed by atoms with van der Waals surface area (Å²) in [7, 11) is 2.00. The molecular weight excluding hydrogens is 222 g/mol. The molecule has 96 valence electrons. The van der Waals surface area contributed by atoms with E-state index in [4.69, 9.17) is 0 Å². The van der Waals surface area contributed by atoms with E-state index in [1.54, 1.807) is 0 Å². The Balaban J connectivity index is 2.39. The van der Waals surface area contributed by atoms with Crippen LogP contribution in [0.2, 0.25) is 0 Å². The summed E-state index contributed by atoms with van der Waals surface area (Å²) < 4.78 is 0. The van der Waals surface area contributed by atoms with Gasteiger partial charge >= 0.3 is 0 Å². The first-order valence-electron chi connectivity index (χ1n) is 6.19. The second kappa shape index (κ2) is 8.25. The van der Waals surface area contributed by atoms with E-state index in [-0.39, 0.29) is 0 Å². The second-order valence-corrected chi connectivity index (χ2v) is 4.18. The van der Waals surface area contributed by atoms with Crippen LogP contribution < -0.4 is 10.7 Å². The predicted molar refractivity (Wildman–Crippen MR) is 78.7 cm³/mol. The van der Waals surface area contributed by atoms with Crippen molar-refractivity contribution in [2.45, 2.75) is 20.3 Å². The first-order chi connectivity index (χ1) is 8.72. The molecule has 0 heterocycles. The summed E-state index contributed by atoms with van der Waals surface area (Å²) in [5.74, 6) is 0. The zero-order chi connectivity index (χ0) is 13.2. The van der Waals surface area contributed by atoms with Crippen molar-refractivity contribution in [1.29, 1.82) is 0 Å². The van der Waals surface area contributed by atoms with Gasteiger partial charge in [0.1, 0.15) is 0 Å². The molecule has 0 unspecified atom stereocenters. The van der Waals surface area contributed by atoms with Crippen molar-refractivity contribution in [3.8, 4) is 0 Å². The van der Waals surface area contributed by atoms with Crippen molar-refractivity contribution < 1.29 is 5.32 Å². The molecule has 0 spiro atoms. The number of allylic oxidation sites excluding steroid dienone is 3. The minimum absolute atomic E-state index is 0.854. The highest BCUT2D eigenvalue weighted by molar-refractivity contribution is 5.83. The fraction of sp³-hybridized carbons (Fsp3) is 0.267. The molecule has 1 aromatic rings. The van der Waals surface area contributed by atoms with Gasteiger partial charge in [-0.05, 0) is 32.1 Å². The quantitative estimate of drug-likeness (QED) is 0.450. The van der Waals surface area contributed by atoms with E-state index in [1.165, 1.54) is 5.56 Å². The van der Waals surface area contributed by atoms with Crippen molar-refractivity contribution in [1.82, 2.24) is 0 Å². The highest BCUT2D eigenvalue weighted by Crippen LogP contribution is 2.08. The van der Waals surface area contributed by atoms with E-state index < -0.39 is 0 Å². The third-order valence-electron chi connectivity index (χ3n) is 2.39. The van der Waals surface area contributed by atoms with Crippen LogP contribution in [0.15, 0.2) is 53.8 Å². The van der Waals surface area contributed by atoms with Gasteiger partial charge in [0.15, 0.2) is 0 Å². The van der Waals surface area contributed by atoms with Crippen LogP contribution in [0.25, 0.3) is 0 Å². The monoisotopic (exact) mass is 244 g/mol. The Kier molecular flexibility index (Phi) is 6.51. The molecule has 1 rings (SSSR count). The Labute approximate surface area is 109 Å². The lowest BCUT2D eigenvalue weighted by molar-refractivity contribution is -0.556. The normalized spacial score (nSPS) is 12.5. The Hall–Kier alpha value is -1.87. The smallest absolute Gasteiger partial charge is 0.0923 e. The third kappa shape index (κ3) is 6.01. The van der Waals surface area contributed by atoms with E-state index in [9.17, 15) is 0 Å². The molecule has 0 atom stereocenters. The maximum absolute atomic E-state index is 4.33. The van der Waals surface area contributed by atoms with Crippen LogP contribution in [0, 0.1) is 6.92 Å². The van der Waals surface area contributed by atoms with Crippen LogP contribution >= 0.6 is 0 Å². The van der Waals surface area contributed by atoms with Crippen molar-refractivity contribution in [2.24, 2.45) is 5.10 Å². The molecule has 3 nitrogen and oxygen atoms in total. The van der Waals surface area contributed by atoms with E-state index >= 15 is 0 Å². The van der Waals surface area contributed by atoms with Gasteiger partial charge in [0, 0.05) is 12.1 Å². The molecule has 0 saturated carbocycles. The molecule has 3 heteroatoms. The molecule has 0 aliphatic carbocycles. The summed E-state index contributed by atoms with van der Waals surface area (Å²) >= 11 is 0. The molecular formula is C15H22N3+. The highest BCUT2D eigenvalue weighted by atomic mass is 15.3. The fourth-order valence-electron chi connectivity index (χ4n) is 1.33. The molecule has 18 heavy (non-hydrogen) atoms. The maximum Gasteiger partial charge on any atom is 0.0923 e. The number of hydrogen-bond acceptors (Lipinski definition) is 2. The molecule has 0 saturated heterocycles. The van der Waals surface area contributed by atoms with Gasteiger partial charge in [-0.3, -0.25) is 5.43 Å². The molecule has 0 aromatic heterocycles. The van der Waals surface area contributed by atoms with Gasteiger partial charge in [-0.15, -0.1) is 0 Å². The van der Waals surface area contributed by atoms with Gasteiger partial charge in [0.2, 0.25) is 0 Å². The summed E-state index contributed by atoms with van der Waals surface area (Å²) in [6.07, 6.45) is 9.00. The SMILES string of the molecule is C[NH2+]/C=C\C=C/C/C(C)=N/Nc1ccc(C)cc1. The van der Waals surface area contributed by atoms with Crippen LogP contribution in [-0.2, 0) is 0 Å². The van der Waals surface area contributed by atoms with Crippen LogP contribution in [0.1, 0.15) is 18.9 Å². The zero-order valence-electron chi connectivity index (χ0n) is 11.4. The number of aryl methyl sites for hydroxylation is 1. The summed E-state index contributed by atoms with van der Waals surface area (Å²) in [4.78, 5) is 0. The number of hydrogen-bond donors (Lipinski definition) is 2. The Bertz CT molecular complexity index is 428. The number of hydrazone groups is 1. The number of benzene rings is 1. The lowest BCUT2D eigenvalue weighted by Crippen LogP contribution is -2.72. The van der Waals surface area contributed by atoms with Crippen molar-refractivity contribution >= 4 is 11.4 Å². The minimum atomic E-state index is 0.854. The lowest BCUT2D eigenvalue weighted by Gasteiger charge is -2.02. The summed E-state index contributed by atoms with van der Waals surface area (Å²) in [6.45, 7) is 4.09. The molecule has 0 radical (unpaired) electrons. The van der Waals surface area contributed by atoms with Gasteiger partial charge in [-0.2, -0.15) is 5.10 Å². The van der Waals surface area contributed by atoms with Crippen molar-refractivity contribution in [3.63, 3.8) is 0 Å². The van der Waals surface area contributed by atoms with Crippen molar-refractivity contribution in [3.05, 3.63) is 54.3 Å². The second-order valence-electron chi connectivity index (χ2n) is 4.18. The molecule has 3 N–H and O–H groups in total. The standard InChI is InChI=1S/C15H21N3/c1-13-8-10-15(11-9-13)18-17-14(2)7-5-4-6-12-16-3/h4-6,8-12,16,18H,7H2,1-3H3/p+1/b5-4-,12-6-,17-14+. The zero-order valence-corrected chi connectivity index (χ0v) is 11.4. The number of anilines is 1. The molecule has 0 aliphatic heterocycles. The molecule has 0 fully saturated rings. The largest absolute Gasteiger partial charge is 0.322 e. The van der Waals surface area contributed by atoms with Crippen LogP contribution in [0.3, 0.4) is 0 Å². The van der Waals surface area contributed by atoms with E-state index in [0.717, 1.165) is 17.8 Å². The third-order valence-corrected chi connectivity index (χ3v) is 2.39. The van der Waals surface area contributed by atoms with Crippen LogP contribution in [-0.4, -0.2) is 12.8 Å². The molecule has 0 bridgehead atoms. The van der Waals surface area contributed by atoms with Gasteiger partial charge in [0.25, 0.3) is 0 Å². The summed E-state index contributed by atoms with van der Waals surface area (Å²) in [6, 6.07) is 8.20. The Morgan fingerprint density at radius 2 is 2.00 bits per heavy atom. The number of nitrogens with zero attached hydrogens (tertiary/aromatic N) is 1. The Morgan fingerprint density at radius 3 is 2.67 bits per heavy atom. The van der Waals surface area contributed by atoms with Crippen molar-refractivity contribution in [2.75, 3.05) is 12.5 Å². The maximum atomic E-state index is 4.33.